The van der Waals surface area contributed by atoms with E-state index in [0.717, 1.165) is 29.2 Å². The SMILES string of the molecule is CCOc1ccc([C@H]2C(C(=O)Nc3ccccc3)=C(C)N=c3s/c(=C\c4cc(Br)cc(I)c4OCc4ccc(Br)cc4)c(=O)n32)cc1. The summed E-state index contributed by atoms with van der Waals surface area (Å²) >= 11 is 10.6. The van der Waals surface area contributed by atoms with Gasteiger partial charge in [0.15, 0.2) is 4.80 Å². The van der Waals surface area contributed by atoms with E-state index >= 15 is 0 Å². The molecule has 11 heteroatoms. The van der Waals surface area contributed by atoms with E-state index in [1.165, 1.54) is 11.3 Å². The van der Waals surface area contributed by atoms with Crippen LogP contribution in [0.2, 0.25) is 0 Å². The number of rotatable bonds is 9. The normalized spacial score (nSPS) is 14.4. The summed E-state index contributed by atoms with van der Waals surface area (Å²) in [4.78, 5) is 33.5. The summed E-state index contributed by atoms with van der Waals surface area (Å²) in [5, 5.41) is 2.99. The number of hydrogen-bond donors (Lipinski definition) is 1. The van der Waals surface area contributed by atoms with Crippen LogP contribution in [-0.2, 0) is 11.4 Å². The highest BCUT2D eigenvalue weighted by Crippen LogP contribution is 2.33. The Balaban J connectivity index is 1.45. The van der Waals surface area contributed by atoms with Gasteiger partial charge in [-0.2, -0.15) is 0 Å². The average molecular weight is 885 g/mol. The molecule has 0 radical (unpaired) electrons. The van der Waals surface area contributed by atoms with Crippen LogP contribution in [0.3, 0.4) is 0 Å². The van der Waals surface area contributed by atoms with Gasteiger partial charge in [-0.25, -0.2) is 4.99 Å². The van der Waals surface area contributed by atoms with E-state index in [0.29, 0.717) is 51.0 Å². The Kier molecular flexibility index (Phi) is 10.5. The summed E-state index contributed by atoms with van der Waals surface area (Å²) in [5.41, 5.74) is 3.88. The first-order valence-electron chi connectivity index (χ1n) is 14.7. The predicted octanol–water partition coefficient (Wildman–Crippen LogP) is 7.98. The standard InChI is InChI=1S/C36H28Br2IN3O4S/c1-3-45-28-15-11-23(12-16-28)32-31(34(43)41-27-7-5-4-6-8-27)21(2)40-36-42(32)35(44)30(47-36)18-24-17-26(38)19-29(39)33(24)46-20-22-9-13-25(37)14-10-22/h4-19,32H,3,20H2,1-2H3,(H,41,43)/b30-18-/t32-/m0/s1. The Morgan fingerprint density at radius 3 is 2.43 bits per heavy atom. The van der Waals surface area contributed by atoms with Crippen LogP contribution in [0, 0.1) is 3.57 Å². The molecule has 0 spiro atoms. The monoisotopic (exact) mass is 883 g/mol. The Morgan fingerprint density at radius 2 is 1.72 bits per heavy atom. The molecule has 1 amide bonds. The maximum absolute atomic E-state index is 14.3. The third kappa shape index (κ3) is 7.48. The summed E-state index contributed by atoms with van der Waals surface area (Å²) in [5.74, 6) is 1.06. The second-order valence-corrected chi connectivity index (χ2v) is 14.6. The number of aromatic nitrogens is 1. The quantitative estimate of drug-likeness (QED) is 0.152. The zero-order chi connectivity index (χ0) is 33.1. The number of thiazole rings is 1. The molecule has 238 valence electrons. The van der Waals surface area contributed by atoms with Crippen LogP contribution in [0.5, 0.6) is 11.5 Å². The van der Waals surface area contributed by atoms with E-state index in [9.17, 15) is 9.59 Å². The molecule has 47 heavy (non-hydrogen) atoms. The first-order valence-corrected chi connectivity index (χ1v) is 18.2. The zero-order valence-corrected chi connectivity index (χ0v) is 31.4. The van der Waals surface area contributed by atoms with Crippen LogP contribution >= 0.6 is 65.8 Å². The van der Waals surface area contributed by atoms with E-state index < -0.39 is 6.04 Å². The highest BCUT2D eigenvalue weighted by atomic mass is 127. The van der Waals surface area contributed by atoms with Crippen molar-refractivity contribution in [2.75, 3.05) is 11.9 Å². The van der Waals surface area contributed by atoms with Crippen LogP contribution in [0.1, 0.15) is 36.6 Å². The maximum atomic E-state index is 14.3. The molecule has 0 unspecified atom stereocenters. The van der Waals surface area contributed by atoms with Crippen molar-refractivity contribution in [1.82, 2.24) is 4.57 Å². The maximum Gasteiger partial charge on any atom is 0.271 e. The van der Waals surface area contributed by atoms with Crippen molar-refractivity contribution in [1.29, 1.82) is 0 Å². The number of fused-ring (bicyclic) bond motifs is 1. The minimum absolute atomic E-state index is 0.251. The van der Waals surface area contributed by atoms with Crippen molar-refractivity contribution < 1.29 is 14.3 Å². The number of nitrogens with one attached hydrogen (secondary N) is 1. The molecule has 1 aromatic heterocycles. The lowest BCUT2D eigenvalue weighted by atomic mass is 9.95. The van der Waals surface area contributed by atoms with Gasteiger partial charge in [0.05, 0.1) is 32.0 Å². The molecule has 2 heterocycles. The Morgan fingerprint density at radius 1 is 1.00 bits per heavy atom. The third-order valence-corrected chi connectivity index (χ3v) is 10.2. The number of carbonyl (C=O) groups excluding carboxylic acids is 1. The van der Waals surface area contributed by atoms with Crippen molar-refractivity contribution in [3.63, 3.8) is 0 Å². The average Bonchev–Trinajstić information content (AvgIpc) is 3.35. The molecular weight excluding hydrogens is 857 g/mol. The van der Waals surface area contributed by atoms with Gasteiger partial charge in [0.25, 0.3) is 11.5 Å². The van der Waals surface area contributed by atoms with E-state index in [1.807, 2.05) is 111 Å². The Bertz CT molecular complexity index is 2160. The highest BCUT2D eigenvalue weighted by Gasteiger charge is 2.32. The molecule has 1 N–H and O–H groups in total. The van der Waals surface area contributed by atoms with E-state index in [-0.39, 0.29) is 11.5 Å². The second-order valence-electron chi connectivity index (χ2n) is 10.6. The van der Waals surface area contributed by atoms with Crippen molar-refractivity contribution in [3.05, 3.63) is 151 Å². The molecule has 0 bridgehead atoms. The summed E-state index contributed by atoms with van der Waals surface area (Å²) in [6.45, 7) is 4.63. The molecule has 1 aliphatic heterocycles. The van der Waals surface area contributed by atoms with E-state index in [4.69, 9.17) is 14.5 Å². The second kappa shape index (κ2) is 14.7. The van der Waals surface area contributed by atoms with Gasteiger partial charge in [0, 0.05) is 20.2 Å². The first kappa shape index (κ1) is 33.4. The Labute approximate surface area is 306 Å². The first-order chi connectivity index (χ1) is 22.7. The number of benzene rings is 4. The molecule has 0 saturated carbocycles. The number of allylic oxidation sites excluding steroid dienone is 1. The lowest BCUT2D eigenvalue weighted by Gasteiger charge is -2.25. The number of anilines is 1. The lowest BCUT2D eigenvalue weighted by Crippen LogP contribution is -2.40. The van der Waals surface area contributed by atoms with Gasteiger partial charge in [-0.05, 0) is 102 Å². The minimum Gasteiger partial charge on any atom is -0.494 e. The number of halogens is 3. The number of hydrogen-bond acceptors (Lipinski definition) is 6. The number of carbonyl (C=O) groups is 1. The van der Waals surface area contributed by atoms with Crippen molar-refractivity contribution in [2.45, 2.75) is 26.5 Å². The third-order valence-electron chi connectivity index (χ3n) is 7.42. The van der Waals surface area contributed by atoms with Crippen LogP contribution in [0.25, 0.3) is 6.08 Å². The topological polar surface area (TPSA) is 81.9 Å². The molecule has 1 aliphatic rings. The van der Waals surface area contributed by atoms with Gasteiger partial charge in [0.2, 0.25) is 0 Å². The van der Waals surface area contributed by atoms with E-state index in [1.54, 1.807) is 4.57 Å². The smallest absolute Gasteiger partial charge is 0.271 e. The summed E-state index contributed by atoms with van der Waals surface area (Å²) in [7, 11) is 0. The van der Waals surface area contributed by atoms with Gasteiger partial charge in [-0.1, -0.05) is 85.7 Å². The van der Waals surface area contributed by atoms with Gasteiger partial charge < -0.3 is 14.8 Å². The van der Waals surface area contributed by atoms with Crippen molar-refractivity contribution >= 4 is 83.5 Å². The van der Waals surface area contributed by atoms with Gasteiger partial charge >= 0.3 is 0 Å². The van der Waals surface area contributed by atoms with Gasteiger partial charge in [0.1, 0.15) is 18.1 Å². The van der Waals surface area contributed by atoms with Crippen molar-refractivity contribution in [2.24, 2.45) is 4.99 Å². The molecule has 4 aromatic carbocycles. The fourth-order valence-electron chi connectivity index (χ4n) is 5.28. The number of nitrogens with zero attached hydrogens (tertiary/aromatic N) is 2. The summed E-state index contributed by atoms with van der Waals surface area (Å²) in [6, 6.07) is 27.9. The highest BCUT2D eigenvalue weighted by molar-refractivity contribution is 14.1. The van der Waals surface area contributed by atoms with E-state index in [2.05, 4.69) is 59.8 Å². The largest absolute Gasteiger partial charge is 0.494 e. The molecule has 0 aliphatic carbocycles. The zero-order valence-electron chi connectivity index (χ0n) is 25.3. The molecule has 1 atom stereocenters. The van der Waals surface area contributed by atoms with Crippen LogP contribution in [0.15, 0.2) is 121 Å². The molecular formula is C36H28Br2IN3O4S. The minimum atomic E-state index is -0.705. The fourth-order valence-corrected chi connectivity index (χ4v) is 8.29. The molecule has 7 nitrogen and oxygen atoms in total. The van der Waals surface area contributed by atoms with Gasteiger partial charge in [-0.15, -0.1) is 0 Å². The molecule has 6 rings (SSSR count). The predicted molar refractivity (Wildman–Crippen MR) is 202 cm³/mol. The summed E-state index contributed by atoms with van der Waals surface area (Å²) in [6.07, 6.45) is 1.84. The van der Waals surface area contributed by atoms with Crippen LogP contribution < -0.4 is 29.7 Å². The van der Waals surface area contributed by atoms with Gasteiger partial charge in [-0.3, -0.25) is 14.2 Å². The Hall–Kier alpha value is -3.52. The number of ether oxygens (including phenoxy) is 2. The lowest BCUT2D eigenvalue weighted by molar-refractivity contribution is -0.113. The molecule has 0 saturated heterocycles. The van der Waals surface area contributed by atoms with Crippen LogP contribution in [0.4, 0.5) is 5.69 Å². The summed E-state index contributed by atoms with van der Waals surface area (Å²) < 4.78 is 16.8. The number of para-hydroxylation sites is 1. The van der Waals surface area contributed by atoms with Crippen molar-refractivity contribution in [3.8, 4) is 11.5 Å². The molecule has 0 fully saturated rings. The fraction of sp³-hybridized carbons (Fsp3) is 0.139. The molecule has 5 aromatic rings. The van der Waals surface area contributed by atoms with Crippen LogP contribution in [-0.4, -0.2) is 17.1 Å². The number of amides is 1.